The lowest BCUT2D eigenvalue weighted by molar-refractivity contribution is -0.132. The lowest BCUT2D eigenvalue weighted by atomic mass is 9.89. The predicted octanol–water partition coefficient (Wildman–Crippen LogP) is 5.13. The van der Waals surface area contributed by atoms with E-state index in [9.17, 15) is 14.3 Å². The van der Waals surface area contributed by atoms with E-state index < -0.39 is 0 Å². The van der Waals surface area contributed by atoms with E-state index in [4.69, 9.17) is 4.42 Å². The molecule has 0 aliphatic carbocycles. The second-order valence-corrected chi connectivity index (χ2v) is 7.49. The Kier molecular flexibility index (Phi) is 5.65. The molecule has 1 amide bonds. The van der Waals surface area contributed by atoms with Gasteiger partial charge in [0.05, 0.1) is 5.56 Å². The maximum Gasteiger partial charge on any atom is 0.223 e. The molecule has 150 valence electrons. The molecule has 2 heterocycles. The van der Waals surface area contributed by atoms with Crippen molar-refractivity contribution < 1.29 is 18.7 Å². The maximum absolute atomic E-state index is 13.9. The molecule has 1 N–H and O–H groups in total. The van der Waals surface area contributed by atoms with Crippen molar-refractivity contribution in [3.63, 3.8) is 0 Å². The first-order valence-corrected chi connectivity index (χ1v) is 10.0. The molecular weight excluding hydrogens is 369 g/mol. The van der Waals surface area contributed by atoms with Crippen LogP contribution in [-0.4, -0.2) is 29.0 Å². The number of piperidine rings is 1. The normalized spacial score (nSPS) is 14.9. The monoisotopic (exact) mass is 393 g/mol. The average molecular weight is 393 g/mol. The van der Waals surface area contributed by atoms with E-state index in [1.807, 2.05) is 23.1 Å². The van der Waals surface area contributed by atoms with Crippen molar-refractivity contribution in [2.45, 2.75) is 31.6 Å². The van der Waals surface area contributed by atoms with Crippen LogP contribution in [0, 0.1) is 5.82 Å². The molecule has 0 radical (unpaired) electrons. The van der Waals surface area contributed by atoms with Crippen LogP contribution in [0.1, 0.15) is 36.5 Å². The van der Waals surface area contributed by atoms with Gasteiger partial charge < -0.3 is 14.4 Å². The number of rotatable bonds is 5. The molecule has 0 unspecified atom stereocenters. The second-order valence-electron chi connectivity index (χ2n) is 7.49. The van der Waals surface area contributed by atoms with Gasteiger partial charge in [-0.2, -0.15) is 0 Å². The van der Waals surface area contributed by atoms with E-state index in [-0.39, 0.29) is 17.5 Å². The minimum Gasteiger partial charge on any atom is -0.508 e. The third kappa shape index (κ3) is 4.50. The van der Waals surface area contributed by atoms with Crippen LogP contribution in [0.3, 0.4) is 0 Å². The summed E-state index contributed by atoms with van der Waals surface area (Å²) in [7, 11) is 0. The number of benzene rings is 2. The van der Waals surface area contributed by atoms with Gasteiger partial charge in [-0.05, 0) is 60.7 Å². The molecule has 1 aromatic heterocycles. The molecule has 4 rings (SSSR count). The van der Waals surface area contributed by atoms with Gasteiger partial charge in [0.2, 0.25) is 5.91 Å². The zero-order chi connectivity index (χ0) is 20.2. The summed E-state index contributed by atoms with van der Waals surface area (Å²) in [4.78, 5) is 14.5. The smallest absolute Gasteiger partial charge is 0.223 e. The highest BCUT2D eigenvalue weighted by Crippen LogP contribution is 2.30. The maximum atomic E-state index is 13.9. The number of aromatic hydroxyl groups is 1. The van der Waals surface area contributed by atoms with Gasteiger partial charge in [0.1, 0.15) is 23.1 Å². The Bertz CT molecular complexity index is 972. The molecule has 1 saturated heterocycles. The lowest BCUT2D eigenvalue weighted by Gasteiger charge is -2.32. The molecule has 0 saturated carbocycles. The third-order valence-electron chi connectivity index (χ3n) is 5.60. The first kappa shape index (κ1) is 19.2. The van der Waals surface area contributed by atoms with E-state index >= 15 is 0 Å². The first-order valence-electron chi connectivity index (χ1n) is 10.0. The van der Waals surface area contributed by atoms with Crippen LogP contribution >= 0.6 is 0 Å². The highest BCUT2D eigenvalue weighted by Gasteiger charge is 2.24. The number of likely N-dealkylation sites (tertiary alicyclic amines) is 1. The number of furan rings is 1. The van der Waals surface area contributed by atoms with Crippen molar-refractivity contribution in [3.05, 3.63) is 77.8 Å². The van der Waals surface area contributed by atoms with Crippen LogP contribution < -0.4 is 0 Å². The molecule has 1 fully saturated rings. The number of carbonyl (C=O) groups excluding carboxylic acids is 1. The fraction of sp³-hybridized carbons (Fsp3) is 0.292. The molecule has 1 aliphatic heterocycles. The number of halogens is 1. The van der Waals surface area contributed by atoms with Crippen LogP contribution in [0.4, 0.5) is 4.39 Å². The molecule has 0 spiro atoms. The number of amides is 1. The van der Waals surface area contributed by atoms with Crippen molar-refractivity contribution in [1.29, 1.82) is 0 Å². The Labute approximate surface area is 169 Å². The number of hydrogen-bond donors (Lipinski definition) is 1. The Hall–Kier alpha value is -3.08. The number of phenolic OH excluding ortho intramolecular Hbond substituents is 1. The van der Waals surface area contributed by atoms with Crippen LogP contribution in [0.15, 0.2) is 65.1 Å². The van der Waals surface area contributed by atoms with Crippen LogP contribution in [0.2, 0.25) is 0 Å². The number of nitrogens with zero attached hydrogens (tertiary/aromatic N) is 1. The van der Waals surface area contributed by atoms with Gasteiger partial charge in [-0.3, -0.25) is 4.79 Å². The van der Waals surface area contributed by atoms with Crippen molar-refractivity contribution in [2.75, 3.05) is 13.1 Å². The highest BCUT2D eigenvalue weighted by atomic mass is 19.1. The van der Waals surface area contributed by atoms with E-state index in [1.165, 1.54) is 11.6 Å². The largest absolute Gasteiger partial charge is 0.508 e. The van der Waals surface area contributed by atoms with Crippen molar-refractivity contribution in [2.24, 2.45) is 0 Å². The SMILES string of the molecule is O=C(CCc1ccc(-c2ccccc2F)o1)N1CCC(c2ccc(O)cc2)CC1. The summed E-state index contributed by atoms with van der Waals surface area (Å²) in [5.74, 6) is 1.68. The zero-order valence-electron chi connectivity index (χ0n) is 16.2. The standard InChI is InChI=1S/C24H24FNO3/c25-22-4-2-1-3-21(22)23-11-9-20(29-23)10-12-24(28)26-15-13-18(14-16-26)17-5-7-19(27)8-6-17/h1-9,11,18,27H,10,12-16H2. The molecule has 1 aliphatic rings. The highest BCUT2D eigenvalue weighted by molar-refractivity contribution is 5.76. The van der Waals surface area contributed by atoms with E-state index in [0.717, 1.165) is 25.9 Å². The van der Waals surface area contributed by atoms with Gasteiger partial charge in [0, 0.05) is 25.9 Å². The number of phenols is 1. The molecule has 29 heavy (non-hydrogen) atoms. The van der Waals surface area contributed by atoms with Gasteiger partial charge in [-0.1, -0.05) is 24.3 Å². The zero-order valence-corrected chi connectivity index (χ0v) is 16.2. The van der Waals surface area contributed by atoms with Crippen LogP contribution in [0.5, 0.6) is 5.75 Å². The summed E-state index contributed by atoms with van der Waals surface area (Å²) in [6.45, 7) is 1.48. The second kappa shape index (κ2) is 8.52. The van der Waals surface area contributed by atoms with Crippen molar-refractivity contribution in [1.82, 2.24) is 4.90 Å². The summed E-state index contributed by atoms with van der Waals surface area (Å²) in [6, 6.07) is 17.4. The molecule has 0 bridgehead atoms. The van der Waals surface area contributed by atoms with E-state index in [0.29, 0.717) is 35.8 Å². The summed E-state index contributed by atoms with van der Waals surface area (Å²) in [6.07, 6.45) is 2.74. The molecule has 5 heteroatoms. The number of carbonyl (C=O) groups is 1. The summed E-state index contributed by atoms with van der Waals surface area (Å²) >= 11 is 0. The van der Waals surface area contributed by atoms with Gasteiger partial charge in [0.15, 0.2) is 0 Å². The Balaban J connectivity index is 1.29. The minimum atomic E-state index is -0.319. The molecule has 4 nitrogen and oxygen atoms in total. The number of hydrogen-bond acceptors (Lipinski definition) is 3. The quantitative estimate of drug-likeness (QED) is 0.654. The Morgan fingerprint density at radius 2 is 1.76 bits per heavy atom. The summed E-state index contributed by atoms with van der Waals surface area (Å²) in [5.41, 5.74) is 1.65. The summed E-state index contributed by atoms with van der Waals surface area (Å²) < 4.78 is 19.6. The van der Waals surface area contributed by atoms with Crippen molar-refractivity contribution >= 4 is 5.91 Å². The van der Waals surface area contributed by atoms with Gasteiger partial charge in [-0.15, -0.1) is 0 Å². The van der Waals surface area contributed by atoms with E-state index in [2.05, 4.69) is 0 Å². The number of aryl methyl sites for hydroxylation is 1. The topological polar surface area (TPSA) is 53.7 Å². The lowest BCUT2D eigenvalue weighted by Crippen LogP contribution is -2.38. The first-order chi connectivity index (χ1) is 14.1. The average Bonchev–Trinajstić information content (AvgIpc) is 3.22. The Morgan fingerprint density at radius 1 is 1.03 bits per heavy atom. The molecule has 2 aromatic carbocycles. The van der Waals surface area contributed by atoms with Gasteiger partial charge in [-0.25, -0.2) is 4.39 Å². The molecule has 3 aromatic rings. The van der Waals surface area contributed by atoms with Gasteiger partial charge in [0.25, 0.3) is 0 Å². The fourth-order valence-electron chi connectivity index (χ4n) is 3.92. The van der Waals surface area contributed by atoms with Crippen LogP contribution in [0.25, 0.3) is 11.3 Å². The fourth-order valence-corrected chi connectivity index (χ4v) is 3.92. The molecule has 0 atom stereocenters. The van der Waals surface area contributed by atoms with Crippen LogP contribution in [-0.2, 0) is 11.2 Å². The molecular formula is C24H24FNO3. The Morgan fingerprint density at radius 3 is 2.48 bits per heavy atom. The van der Waals surface area contributed by atoms with Crippen molar-refractivity contribution in [3.8, 4) is 17.1 Å². The third-order valence-corrected chi connectivity index (χ3v) is 5.60. The summed E-state index contributed by atoms with van der Waals surface area (Å²) in [5, 5.41) is 9.42. The van der Waals surface area contributed by atoms with Gasteiger partial charge >= 0.3 is 0 Å². The minimum absolute atomic E-state index is 0.123. The van der Waals surface area contributed by atoms with E-state index in [1.54, 1.807) is 36.4 Å². The predicted molar refractivity (Wildman–Crippen MR) is 109 cm³/mol.